The van der Waals surface area contributed by atoms with Crippen molar-refractivity contribution < 1.29 is 13.7 Å². The minimum absolute atomic E-state index is 0.275. The van der Waals surface area contributed by atoms with Gasteiger partial charge >= 0.3 is 0 Å². The van der Waals surface area contributed by atoms with Gasteiger partial charge in [0.2, 0.25) is 11.7 Å². The van der Waals surface area contributed by atoms with E-state index in [0.717, 1.165) is 11.3 Å². The van der Waals surface area contributed by atoms with Gasteiger partial charge in [0.05, 0.1) is 13.2 Å². The van der Waals surface area contributed by atoms with E-state index < -0.39 is 0 Å². The van der Waals surface area contributed by atoms with Crippen LogP contribution in [0.15, 0.2) is 53.1 Å². The van der Waals surface area contributed by atoms with E-state index in [1.54, 1.807) is 12.1 Å². The SMILES string of the molecule is CCOc1ccc(-c2noc(CNC(=S)Nc3ccc(F)cc3)n2)cc1. The molecular formula is C18H17FN4O2S. The van der Waals surface area contributed by atoms with Gasteiger partial charge in [0.15, 0.2) is 5.11 Å². The van der Waals surface area contributed by atoms with Gasteiger partial charge in [-0.3, -0.25) is 0 Å². The van der Waals surface area contributed by atoms with Crippen LogP contribution in [0.4, 0.5) is 10.1 Å². The van der Waals surface area contributed by atoms with Gasteiger partial charge in [-0.1, -0.05) is 5.16 Å². The molecule has 8 heteroatoms. The summed E-state index contributed by atoms with van der Waals surface area (Å²) in [5.74, 6) is 1.38. The van der Waals surface area contributed by atoms with Crippen molar-refractivity contribution in [1.29, 1.82) is 0 Å². The molecule has 3 aromatic rings. The number of anilines is 1. The molecule has 1 aromatic heterocycles. The molecular weight excluding hydrogens is 355 g/mol. The number of nitrogens with zero attached hydrogens (tertiary/aromatic N) is 2. The van der Waals surface area contributed by atoms with Crippen molar-refractivity contribution in [1.82, 2.24) is 15.5 Å². The molecule has 6 nitrogen and oxygen atoms in total. The van der Waals surface area contributed by atoms with Gasteiger partial charge in [0.25, 0.3) is 0 Å². The summed E-state index contributed by atoms with van der Waals surface area (Å²) < 4.78 is 23.5. The van der Waals surface area contributed by atoms with Crippen LogP contribution in [0.5, 0.6) is 5.75 Å². The summed E-state index contributed by atoms with van der Waals surface area (Å²) in [5.41, 5.74) is 1.51. The molecule has 0 saturated heterocycles. The van der Waals surface area contributed by atoms with Crippen molar-refractivity contribution in [2.24, 2.45) is 0 Å². The van der Waals surface area contributed by atoms with Crippen LogP contribution in [0, 0.1) is 5.82 Å². The summed E-state index contributed by atoms with van der Waals surface area (Å²) in [5, 5.41) is 10.2. The second-order valence-electron chi connectivity index (χ2n) is 5.28. The van der Waals surface area contributed by atoms with Crippen LogP contribution in [0.3, 0.4) is 0 Å². The predicted octanol–water partition coefficient (Wildman–Crippen LogP) is 3.76. The lowest BCUT2D eigenvalue weighted by molar-refractivity contribution is 0.340. The number of ether oxygens (including phenoxy) is 1. The Morgan fingerprint density at radius 3 is 2.58 bits per heavy atom. The molecule has 26 heavy (non-hydrogen) atoms. The third-order valence-electron chi connectivity index (χ3n) is 3.39. The standard InChI is InChI=1S/C18H17FN4O2S/c1-2-24-15-9-3-12(4-10-15)17-22-16(25-23-17)11-20-18(26)21-14-7-5-13(19)6-8-14/h3-10H,2,11H2,1H3,(H2,20,21,26). The molecule has 0 bridgehead atoms. The average molecular weight is 372 g/mol. The van der Waals surface area contributed by atoms with E-state index >= 15 is 0 Å². The van der Waals surface area contributed by atoms with Gasteiger partial charge in [-0.05, 0) is 67.7 Å². The maximum atomic E-state index is 12.9. The second-order valence-corrected chi connectivity index (χ2v) is 5.69. The van der Waals surface area contributed by atoms with Gasteiger partial charge in [0.1, 0.15) is 11.6 Å². The lowest BCUT2D eigenvalue weighted by Gasteiger charge is -2.08. The molecule has 0 aliphatic rings. The molecule has 0 saturated carbocycles. The quantitative estimate of drug-likeness (QED) is 0.638. The Morgan fingerprint density at radius 1 is 1.15 bits per heavy atom. The molecule has 2 aromatic carbocycles. The molecule has 3 rings (SSSR count). The van der Waals surface area contributed by atoms with E-state index in [-0.39, 0.29) is 12.4 Å². The number of nitrogens with one attached hydrogen (secondary N) is 2. The summed E-state index contributed by atoms with van der Waals surface area (Å²) >= 11 is 5.19. The van der Waals surface area contributed by atoms with Gasteiger partial charge in [0, 0.05) is 11.3 Å². The van der Waals surface area contributed by atoms with Crippen LogP contribution in [0.25, 0.3) is 11.4 Å². The molecule has 0 fully saturated rings. The first-order valence-electron chi connectivity index (χ1n) is 8.00. The molecule has 0 atom stereocenters. The minimum Gasteiger partial charge on any atom is -0.494 e. The van der Waals surface area contributed by atoms with E-state index in [0.29, 0.717) is 29.1 Å². The van der Waals surface area contributed by atoms with Gasteiger partial charge in [-0.15, -0.1) is 0 Å². The van der Waals surface area contributed by atoms with E-state index in [9.17, 15) is 4.39 Å². The largest absolute Gasteiger partial charge is 0.494 e. The van der Waals surface area contributed by atoms with Crippen LogP contribution in [0.2, 0.25) is 0 Å². The Morgan fingerprint density at radius 2 is 1.88 bits per heavy atom. The fourth-order valence-corrected chi connectivity index (χ4v) is 2.37. The molecule has 0 spiro atoms. The molecule has 0 unspecified atom stereocenters. The normalized spacial score (nSPS) is 10.4. The maximum absolute atomic E-state index is 12.9. The number of hydrogen-bond acceptors (Lipinski definition) is 5. The van der Waals surface area contributed by atoms with Gasteiger partial charge < -0.3 is 19.9 Å². The zero-order valence-electron chi connectivity index (χ0n) is 14.0. The first kappa shape index (κ1) is 17.8. The Kier molecular flexibility index (Phi) is 5.75. The zero-order chi connectivity index (χ0) is 18.4. The van der Waals surface area contributed by atoms with Gasteiger partial charge in [-0.25, -0.2) is 4.39 Å². The number of aromatic nitrogens is 2. The average Bonchev–Trinajstić information content (AvgIpc) is 3.12. The Bertz CT molecular complexity index is 866. The monoisotopic (exact) mass is 372 g/mol. The van der Waals surface area contributed by atoms with Crippen LogP contribution >= 0.6 is 12.2 Å². The lowest BCUT2D eigenvalue weighted by atomic mass is 10.2. The topological polar surface area (TPSA) is 72.2 Å². The predicted molar refractivity (Wildman–Crippen MR) is 100 cm³/mol. The molecule has 1 heterocycles. The van der Waals surface area contributed by atoms with Gasteiger partial charge in [-0.2, -0.15) is 4.98 Å². The summed E-state index contributed by atoms with van der Waals surface area (Å²) in [6, 6.07) is 13.4. The van der Waals surface area contributed by atoms with E-state index in [1.807, 2.05) is 31.2 Å². The number of thiocarbonyl (C=S) groups is 1. The second kappa shape index (κ2) is 8.39. The Labute approximate surface area is 155 Å². The zero-order valence-corrected chi connectivity index (χ0v) is 14.8. The van der Waals surface area contributed by atoms with E-state index in [1.165, 1.54) is 12.1 Å². The fourth-order valence-electron chi connectivity index (χ4n) is 2.18. The highest BCUT2D eigenvalue weighted by atomic mass is 32.1. The van der Waals surface area contributed by atoms with Crippen LogP contribution < -0.4 is 15.4 Å². The van der Waals surface area contributed by atoms with Crippen molar-refractivity contribution in [3.05, 3.63) is 60.2 Å². The van der Waals surface area contributed by atoms with Crippen LogP contribution in [-0.2, 0) is 6.54 Å². The van der Waals surface area contributed by atoms with Crippen molar-refractivity contribution in [3.63, 3.8) is 0 Å². The van der Waals surface area contributed by atoms with Crippen molar-refractivity contribution in [3.8, 4) is 17.1 Å². The summed E-state index contributed by atoms with van der Waals surface area (Å²) in [4.78, 5) is 4.33. The maximum Gasteiger partial charge on any atom is 0.246 e. The van der Waals surface area contributed by atoms with E-state index in [4.69, 9.17) is 21.5 Å². The number of hydrogen-bond donors (Lipinski definition) is 2. The third-order valence-corrected chi connectivity index (χ3v) is 3.64. The molecule has 2 N–H and O–H groups in total. The summed E-state index contributed by atoms with van der Waals surface area (Å²) in [7, 11) is 0. The van der Waals surface area contributed by atoms with Crippen LogP contribution in [-0.4, -0.2) is 21.9 Å². The van der Waals surface area contributed by atoms with Crippen molar-refractivity contribution >= 4 is 23.0 Å². The smallest absolute Gasteiger partial charge is 0.246 e. The molecule has 0 aliphatic heterocycles. The van der Waals surface area contributed by atoms with Crippen LogP contribution in [0.1, 0.15) is 12.8 Å². The molecule has 0 radical (unpaired) electrons. The van der Waals surface area contributed by atoms with E-state index in [2.05, 4.69) is 20.8 Å². The van der Waals surface area contributed by atoms with Crippen molar-refractivity contribution in [2.45, 2.75) is 13.5 Å². The number of halogens is 1. The molecule has 0 amide bonds. The molecule has 134 valence electrons. The number of rotatable bonds is 6. The molecule has 0 aliphatic carbocycles. The minimum atomic E-state index is -0.304. The summed E-state index contributed by atoms with van der Waals surface area (Å²) in [6.07, 6.45) is 0. The highest BCUT2D eigenvalue weighted by Gasteiger charge is 2.09. The third kappa shape index (κ3) is 4.76. The first-order valence-corrected chi connectivity index (χ1v) is 8.41. The Hall–Kier alpha value is -3.00. The summed E-state index contributed by atoms with van der Waals surface area (Å²) in [6.45, 7) is 2.82. The Balaban J connectivity index is 1.54. The highest BCUT2D eigenvalue weighted by molar-refractivity contribution is 7.80. The number of benzene rings is 2. The fraction of sp³-hybridized carbons (Fsp3) is 0.167. The lowest BCUT2D eigenvalue weighted by Crippen LogP contribution is -2.27. The van der Waals surface area contributed by atoms with Crippen molar-refractivity contribution in [2.75, 3.05) is 11.9 Å². The first-order chi connectivity index (χ1) is 12.6. The highest BCUT2D eigenvalue weighted by Crippen LogP contribution is 2.20.